The number of esters is 1. The summed E-state index contributed by atoms with van der Waals surface area (Å²) in [7, 11) is 0. The first kappa shape index (κ1) is 25.6. The minimum Gasteiger partial charge on any atom is -0.454 e. The summed E-state index contributed by atoms with van der Waals surface area (Å²) in [6.07, 6.45) is 0.418. The molecule has 0 saturated heterocycles. The average Bonchev–Trinajstić information content (AvgIpc) is 2.75. The molecule has 3 amide bonds. The highest BCUT2D eigenvalue weighted by atomic mass is 16.5. The van der Waals surface area contributed by atoms with Crippen LogP contribution in [0.15, 0.2) is 48.5 Å². The number of amides is 3. The molecule has 0 spiro atoms. The summed E-state index contributed by atoms with van der Waals surface area (Å²) in [5.74, 6) is -0.790. The predicted molar refractivity (Wildman–Crippen MR) is 126 cm³/mol. The van der Waals surface area contributed by atoms with Crippen molar-refractivity contribution in [3.05, 3.63) is 65.2 Å². The number of urea groups is 1. The van der Waals surface area contributed by atoms with Crippen molar-refractivity contribution in [2.24, 2.45) is 5.92 Å². The van der Waals surface area contributed by atoms with Crippen molar-refractivity contribution >= 4 is 29.4 Å². The summed E-state index contributed by atoms with van der Waals surface area (Å²) in [5.41, 5.74) is 2.11. The molecule has 0 unspecified atom stereocenters. The molecule has 33 heavy (non-hydrogen) atoms. The summed E-state index contributed by atoms with van der Waals surface area (Å²) in [6.45, 7) is 7.59. The molecule has 0 aliphatic carbocycles. The number of hydrogen-bond acceptors (Lipinski definition) is 5. The van der Waals surface area contributed by atoms with Crippen molar-refractivity contribution < 1.29 is 23.9 Å². The van der Waals surface area contributed by atoms with E-state index in [1.54, 1.807) is 48.5 Å². The van der Waals surface area contributed by atoms with Gasteiger partial charge in [-0.25, -0.2) is 9.59 Å². The van der Waals surface area contributed by atoms with Crippen LogP contribution < -0.4 is 16.0 Å². The smallest absolute Gasteiger partial charge is 0.338 e. The lowest BCUT2D eigenvalue weighted by molar-refractivity contribution is -0.116. The van der Waals surface area contributed by atoms with E-state index in [4.69, 9.17) is 4.74 Å². The van der Waals surface area contributed by atoms with Crippen molar-refractivity contribution in [2.45, 2.75) is 46.7 Å². The molecule has 176 valence electrons. The maximum atomic E-state index is 12.3. The van der Waals surface area contributed by atoms with E-state index in [1.807, 2.05) is 27.7 Å². The highest BCUT2D eigenvalue weighted by Gasteiger charge is 2.13. The van der Waals surface area contributed by atoms with Crippen LogP contribution in [0.1, 0.15) is 60.4 Å². The molecule has 8 nitrogen and oxygen atoms in total. The minimum absolute atomic E-state index is 0.0402. The number of Topliss-reactive ketones (excluding diaryl/α,β-unsaturated/α-hetero) is 1. The number of carbonyl (C=O) groups excluding carboxylic acids is 4. The zero-order valence-corrected chi connectivity index (χ0v) is 19.4. The fraction of sp³-hybridized carbons (Fsp3) is 0.360. The van der Waals surface area contributed by atoms with Crippen LogP contribution in [0, 0.1) is 5.92 Å². The fourth-order valence-corrected chi connectivity index (χ4v) is 2.87. The van der Waals surface area contributed by atoms with Crippen molar-refractivity contribution in [3.8, 4) is 0 Å². The molecule has 2 aromatic rings. The Bertz CT molecular complexity index is 967. The Morgan fingerprint density at radius 3 is 2.03 bits per heavy atom. The van der Waals surface area contributed by atoms with Gasteiger partial charge in [0.05, 0.1) is 5.56 Å². The molecule has 2 rings (SSSR count). The van der Waals surface area contributed by atoms with Gasteiger partial charge in [-0.1, -0.05) is 26.0 Å². The Labute approximate surface area is 194 Å². The molecule has 8 heteroatoms. The molecular formula is C25H31N3O5. The van der Waals surface area contributed by atoms with Crippen LogP contribution in [-0.4, -0.2) is 36.3 Å². The molecule has 0 aromatic heterocycles. The van der Waals surface area contributed by atoms with Gasteiger partial charge in [-0.2, -0.15) is 0 Å². The van der Waals surface area contributed by atoms with E-state index < -0.39 is 12.6 Å². The van der Waals surface area contributed by atoms with E-state index in [-0.39, 0.29) is 29.7 Å². The number of anilines is 1. The third-order valence-electron chi connectivity index (χ3n) is 4.48. The molecule has 0 fully saturated rings. The van der Waals surface area contributed by atoms with E-state index in [1.165, 1.54) is 0 Å². The Hall–Kier alpha value is -3.68. The molecular weight excluding hydrogens is 422 g/mol. The second kappa shape index (κ2) is 12.4. The fourth-order valence-electron chi connectivity index (χ4n) is 2.87. The number of ketones is 1. The van der Waals surface area contributed by atoms with Crippen LogP contribution in [0.2, 0.25) is 0 Å². The highest BCUT2D eigenvalue weighted by molar-refractivity contribution is 6.00. The molecule has 0 radical (unpaired) electrons. The molecule has 0 aliphatic rings. The lowest BCUT2D eigenvalue weighted by atomic mass is 10.1. The summed E-state index contributed by atoms with van der Waals surface area (Å²) in [4.78, 5) is 48.0. The minimum atomic E-state index is -0.613. The highest BCUT2D eigenvalue weighted by Crippen LogP contribution is 2.13. The van der Waals surface area contributed by atoms with Crippen LogP contribution in [0.4, 0.5) is 10.5 Å². The molecule has 0 aliphatic heterocycles. The zero-order valence-electron chi connectivity index (χ0n) is 19.4. The number of ether oxygens (including phenoxy) is 1. The van der Waals surface area contributed by atoms with Crippen molar-refractivity contribution in [1.29, 1.82) is 0 Å². The topological polar surface area (TPSA) is 114 Å². The number of carbonyl (C=O) groups is 4. The van der Waals surface area contributed by atoms with Crippen LogP contribution >= 0.6 is 0 Å². The van der Waals surface area contributed by atoms with Crippen LogP contribution in [0.3, 0.4) is 0 Å². The largest absolute Gasteiger partial charge is 0.454 e. The monoisotopic (exact) mass is 453 g/mol. The number of benzene rings is 2. The predicted octanol–water partition coefficient (Wildman–Crippen LogP) is 3.92. The van der Waals surface area contributed by atoms with Crippen molar-refractivity contribution in [3.63, 3.8) is 0 Å². The molecule has 0 heterocycles. The van der Waals surface area contributed by atoms with Crippen LogP contribution in [-0.2, 0) is 16.1 Å². The lowest BCUT2D eigenvalue weighted by Gasteiger charge is -2.10. The Kier molecular flexibility index (Phi) is 9.60. The van der Waals surface area contributed by atoms with Gasteiger partial charge in [-0.3, -0.25) is 9.59 Å². The van der Waals surface area contributed by atoms with Gasteiger partial charge >= 0.3 is 12.0 Å². The van der Waals surface area contributed by atoms with Gasteiger partial charge in [0, 0.05) is 30.3 Å². The SMILES string of the molecule is CC(C)CC(=O)Nc1ccc(C(=O)COC(=O)c2ccc(CNC(=O)NC(C)C)cc2)cc1. The van der Waals surface area contributed by atoms with E-state index in [0.29, 0.717) is 29.8 Å². The van der Waals surface area contributed by atoms with Crippen LogP contribution in [0.25, 0.3) is 0 Å². The second-order valence-electron chi connectivity index (χ2n) is 8.40. The van der Waals surface area contributed by atoms with Gasteiger partial charge in [-0.15, -0.1) is 0 Å². The van der Waals surface area contributed by atoms with Gasteiger partial charge in [0.15, 0.2) is 12.4 Å². The van der Waals surface area contributed by atoms with E-state index in [0.717, 1.165) is 5.56 Å². The van der Waals surface area contributed by atoms with Gasteiger partial charge < -0.3 is 20.7 Å². The zero-order chi connectivity index (χ0) is 24.4. The molecule has 3 N–H and O–H groups in total. The first-order valence-electron chi connectivity index (χ1n) is 10.9. The summed E-state index contributed by atoms with van der Waals surface area (Å²) >= 11 is 0. The Morgan fingerprint density at radius 1 is 0.848 bits per heavy atom. The number of nitrogens with one attached hydrogen (secondary N) is 3. The molecule has 0 atom stereocenters. The normalized spacial score (nSPS) is 10.6. The quantitative estimate of drug-likeness (QED) is 0.373. The maximum Gasteiger partial charge on any atom is 0.338 e. The van der Waals surface area contributed by atoms with Gasteiger partial charge in [0.2, 0.25) is 5.91 Å². The van der Waals surface area contributed by atoms with Crippen LogP contribution in [0.5, 0.6) is 0 Å². The van der Waals surface area contributed by atoms with Gasteiger partial charge in [-0.05, 0) is 61.7 Å². The summed E-state index contributed by atoms with van der Waals surface area (Å²) < 4.78 is 5.13. The van der Waals surface area contributed by atoms with Crippen molar-refractivity contribution in [2.75, 3.05) is 11.9 Å². The van der Waals surface area contributed by atoms with E-state index in [9.17, 15) is 19.2 Å². The summed E-state index contributed by atoms with van der Waals surface area (Å²) in [6, 6.07) is 12.8. The second-order valence-corrected chi connectivity index (χ2v) is 8.40. The third-order valence-corrected chi connectivity index (χ3v) is 4.48. The molecule has 2 aromatic carbocycles. The third kappa shape index (κ3) is 9.14. The lowest BCUT2D eigenvalue weighted by Crippen LogP contribution is -2.39. The van der Waals surface area contributed by atoms with E-state index in [2.05, 4.69) is 16.0 Å². The average molecular weight is 454 g/mol. The Morgan fingerprint density at radius 2 is 1.45 bits per heavy atom. The maximum absolute atomic E-state index is 12.3. The first-order chi connectivity index (χ1) is 15.6. The Balaban J connectivity index is 1.82. The standard InChI is InChI=1S/C25H31N3O5/c1-16(2)13-23(30)28-21-11-9-19(10-12-21)22(29)15-33-24(31)20-7-5-18(6-8-20)14-26-25(32)27-17(3)4/h5-12,16-17H,13-15H2,1-4H3,(H,28,30)(H2,26,27,32). The first-order valence-corrected chi connectivity index (χ1v) is 10.9. The molecule has 0 bridgehead atoms. The van der Waals surface area contributed by atoms with Gasteiger partial charge in [0.25, 0.3) is 0 Å². The number of hydrogen-bond donors (Lipinski definition) is 3. The number of rotatable bonds is 10. The molecule has 0 saturated carbocycles. The summed E-state index contributed by atoms with van der Waals surface area (Å²) in [5, 5.41) is 8.23. The van der Waals surface area contributed by atoms with Gasteiger partial charge in [0.1, 0.15) is 0 Å². The van der Waals surface area contributed by atoms with E-state index >= 15 is 0 Å². The van der Waals surface area contributed by atoms with Crippen molar-refractivity contribution in [1.82, 2.24) is 10.6 Å².